The summed E-state index contributed by atoms with van der Waals surface area (Å²) in [7, 11) is -1.33. The predicted molar refractivity (Wildman–Crippen MR) is 39.4 cm³/mol. The Hall–Kier alpha value is 0.0969. The fraction of sp³-hybridized carbons (Fsp3) is 1.00. The molecule has 56 valence electrons. The van der Waals surface area contributed by atoms with Crippen LogP contribution in [0.1, 0.15) is 0 Å². The molecule has 0 saturated carbocycles. The molecule has 9 heavy (non-hydrogen) atoms. The second-order valence-electron chi connectivity index (χ2n) is 2.83. The van der Waals surface area contributed by atoms with E-state index in [4.69, 9.17) is 10.3 Å². The van der Waals surface area contributed by atoms with E-state index in [1.54, 1.807) is 0 Å². The van der Waals surface area contributed by atoms with Crippen molar-refractivity contribution in [3.8, 4) is 0 Å². The van der Waals surface area contributed by atoms with Crippen LogP contribution in [0, 0.1) is 0 Å². The maximum Gasteiger partial charge on any atom is 0.183 e. The Morgan fingerprint density at radius 1 is 1.22 bits per heavy atom. The second-order valence-corrected chi connectivity index (χ2v) is 7.35. The van der Waals surface area contributed by atoms with Gasteiger partial charge in [-0.3, -0.25) is 0 Å². The van der Waals surface area contributed by atoms with Crippen LogP contribution in [0.25, 0.3) is 0 Å². The molecule has 0 radical (unpaired) electrons. The second kappa shape index (κ2) is 4.00. The molecular weight excluding hydrogens is 134 g/mol. The quantitative estimate of drug-likeness (QED) is 0.364. The van der Waals surface area contributed by atoms with Gasteiger partial charge in [-0.15, -0.1) is 0 Å². The van der Waals surface area contributed by atoms with Crippen molar-refractivity contribution in [2.45, 2.75) is 19.6 Å². The fourth-order valence-electron chi connectivity index (χ4n) is 0.396. The van der Waals surface area contributed by atoms with Gasteiger partial charge >= 0.3 is 0 Å². The topological polar surface area (TPSA) is 44.5 Å². The molecule has 0 heterocycles. The molecule has 0 atom stereocenters. The summed E-state index contributed by atoms with van der Waals surface area (Å²) in [6.45, 7) is 7.49. The molecule has 0 rings (SSSR count). The first-order valence-corrected chi connectivity index (χ1v) is 6.43. The molecular formula is C5H15NO2Si. The van der Waals surface area contributed by atoms with Crippen LogP contribution in [0.3, 0.4) is 0 Å². The van der Waals surface area contributed by atoms with Crippen LogP contribution in [-0.2, 0) is 9.26 Å². The Morgan fingerprint density at radius 3 is 2.11 bits per heavy atom. The monoisotopic (exact) mass is 149 g/mol. The van der Waals surface area contributed by atoms with Crippen molar-refractivity contribution in [1.82, 2.24) is 0 Å². The number of nitrogens with two attached hydrogens (primary N) is 1. The van der Waals surface area contributed by atoms with E-state index < -0.39 is 8.32 Å². The van der Waals surface area contributed by atoms with E-state index in [1.165, 1.54) is 0 Å². The molecule has 0 spiro atoms. The van der Waals surface area contributed by atoms with Crippen LogP contribution in [0.4, 0.5) is 0 Å². The highest BCUT2D eigenvalue weighted by Gasteiger charge is 2.12. The van der Waals surface area contributed by atoms with Gasteiger partial charge in [0.05, 0.1) is 13.2 Å². The third-order valence-electron chi connectivity index (χ3n) is 0.736. The Labute approximate surface area is 57.2 Å². The van der Waals surface area contributed by atoms with Gasteiger partial charge in [-0.05, 0) is 19.6 Å². The number of hydrogen-bond acceptors (Lipinski definition) is 3. The maximum absolute atomic E-state index is 5.40. The molecule has 0 unspecified atom stereocenters. The van der Waals surface area contributed by atoms with Crippen LogP contribution >= 0.6 is 0 Å². The number of rotatable bonds is 4. The number of hydrogen-bond donors (Lipinski definition) is 1. The van der Waals surface area contributed by atoms with Crippen molar-refractivity contribution in [1.29, 1.82) is 0 Å². The van der Waals surface area contributed by atoms with Gasteiger partial charge in [-0.2, -0.15) is 0 Å². The summed E-state index contributed by atoms with van der Waals surface area (Å²) in [6.07, 6.45) is 0. The van der Waals surface area contributed by atoms with Crippen molar-refractivity contribution >= 4 is 8.32 Å². The van der Waals surface area contributed by atoms with Gasteiger partial charge in [0, 0.05) is 0 Å². The first-order valence-electron chi connectivity index (χ1n) is 3.02. The SMILES string of the molecule is C[Si](C)(C)OCCON. The van der Waals surface area contributed by atoms with Gasteiger partial charge in [0.1, 0.15) is 0 Å². The highest BCUT2D eigenvalue weighted by atomic mass is 28.4. The zero-order valence-electron chi connectivity index (χ0n) is 6.31. The molecule has 0 fully saturated rings. The molecule has 0 aromatic heterocycles. The first-order chi connectivity index (χ1) is 4.06. The minimum atomic E-state index is -1.33. The summed E-state index contributed by atoms with van der Waals surface area (Å²) < 4.78 is 5.40. The Morgan fingerprint density at radius 2 is 1.78 bits per heavy atom. The molecule has 0 aromatic rings. The largest absolute Gasteiger partial charge is 0.415 e. The summed E-state index contributed by atoms with van der Waals surface area (Å²) in [5.41, 5.74) is 0. The third kappa shape index (κ3) is 8.10. The Kier molecular flexibility index (Phi) is 4.04. The van der Waals surface area contributed by atoms with Gasteiger partial charge < -0.3 is 9.26 Å². The van der Waals surface area contributed by atoms with Crippen molar-refractivity contribution in [3.63, 3.8) is 0 Å². The maximum atomic E-state index is 5.40. The Balaban J connectivity index is 3.07. The normalized spacial score (nSPS) is 12.0. The summed E-state index contributed by atoms with van der Waals surface area (Å²) in [4.78, 5) is 4.33. The molecule has 0 amide bonds. The lowest BCUT2D eigenvalue weighted by atomic mass is 10.8. The fourth-order valence-corrected chi connectivity index (χ4v) is 1.09. The minimum absolute atomic E-state index is 0.490. The van der Waals surface area contributed by atoms with E-state index in [0.29, 0.717) is 13.2 Å². The summed E-state index contributed by atoms with van der Waals surface area (Å²) in [6, 6.07) is 0. The minimum Gasteiger partial charge on any atom is -0.415 e. The molecule has 4 heteroatoms. The van der Waals surface area contributed by atoms with Gasteiger partial charge in [0.25, 0.3) is 0 Å². The third-order valence-corrected chi connectivity index (χ3v) is 1.81. The van der Waals surface area contributed by atoms with Crippen LogP contribution in [-0.4, -0.2) is 21.5 Å². The zero-order chi connectivity index (χ0) is 7.33. The van der Waals surface area contributed by atoms with E-state index in [9.17, 15) is 0 Å². The summed E-state index contributed by atoms with van der Waals surface area (Å²) in [5, 5.41) is 0. The zero-order valence-corrected chi connectivity index (χ0v) is 7.31. The van der Waals surface area contributed by atoms with Gasteiger partial charge in [-0.25, -0.2) is 5.90 Å². The van der Waals surface area contributed by atoms with E-state index >= 15 is 0 Å². The lowest BCUT2D eigenvalue weighted by molar-refractivity contribution is 0.0996. The van der Waals surface area contributed by atoms with Gasteiger partial charge in [0.2, 0.25) is 0 Å². The molecule has 0 aromatic carbocycles. The molecule has 0 aliphatic heterocycles. The van der Waals surface area contributed by atoms with Crippen molar-refractivity contribution in [3.05, 3.63) is 0 Å². The first kappa shape index (κ1) is 9.10. The molecule has 0 bridgehead atoms. The van der Waals surface area contributed by atoms with Crippen LogP contribution in [0.15, 0.2) is 0 Å². The molecule has 0 aliphatic rings. The van der Waals surface area contributed by atoms with E-state index in [2.05, 4.69) is 24.5 Å². The van der Waals surface area contributed by atoms with Crippen LogP contribution < -0.4 is 5.90 Å². The van der Waals surface area contributed by atoms with Crippen molar-refractivity contribution in [2.75, 3.05) is 13.2 Å². The van der Waals surface area contributed by atoms with Gasteiger partial charge in [-0.1, -0.05) is 0 Å². The average molecular weight is 149 g/mol. The van der Waals surface area contributed by atoms with E-state index in [-0.39, 0.29) is 0 Å². The lowest BCUT2D eigenvalue weighted by Gasteiger charge is -2.15. The molecule has 2 N–H and O–H groups in total. The summed E-state index contributed by atoms with van der Waals surface area (Å²) in [5.74, 6) is 4.79. The van der Waals surface area contributed by atoms with Crippen molar-refractivity contribution < 1.29 is 9.26 Å². The van der Waals surface area contributed by atoms with Crippen LogP contribution in [0.5, 0.6) is 0 Å². The van der Waals surface area contributed by atoms with Crippen LogP contribution in [0.2, 0.25) is 19.6 Å². The standard InChI is InChI=1S/C5H15NO2Si/c1-9(2,3)8-5-4-7-6/h4-6H2,1-3H3. The van der Waals surface area contributed by atoms with E-state index in [1.807, 2.05) is 0 Å². The van der Waals surface area contributed by atoms with Crippen molar-refractivity contribution in [2.24, 2.45) is 5.90 Å². The van der Waals surface area contributed by atoms with E-state index in [0.717, 1.165) is 0 Å². The molecule has 3 nitrogen and oxygen atoms in total. The highest BCUT2D eigenvalue weighted by Crippen LogP contribution is 2.00. The lowest BCUT2D eigenvalue weighted by Crippen LogP contribution is -2.27. The highest BCUT2D eigenvalue weighted by molar-refractivity contribution is 6.69. The Bertz CT molecular complexity index is 71.8. The molecule has 0 aliphatic carbocycles. The molecule has 0 saturated heterocycles. The summed E-state index contributed by atoms with van der Waals surface area (Å²) >= 11 is 0. The predicted octanol–water partition coefficient (Wildman–Crippen LogP) is 0.728. The smallest absolute Gasteiger partial charge is 0.183 e. The van der Waals surface area contributed by atoms with Gasteiger partial charge in [0.15, 0.2) is 8.32 Å². The average Bonchev–Trinajstić information content (AvgIpc) is 1.63.